The van der Waals surface area contributed by atoms with Gasteiger partial charge >= 0.3 is 0 Å². The van der Waals surface area contributed by atoms with Crippen molar-refractivity contribution in [2.45, 2.75) is 57.0 Å². The van der Waals surface area contributed by atoms with Gasteiger partial charge in [0.1, 0.15) is 0 Å². The lowest BCUT2D eigenvalue weighted by Crippen LogP contribution is -2.65. The van der Waals surface area contributed by atoms with Crippen molar-refractivity contribution in [3.63, 3.8) is 0 Å². The van der Waals surface area contributed by atoms with Crippen LogP contribution < -0.4 is 26.7 Å². The zero-order chi connectivity index (χ0) is 26.0. The van der Waals surface area contributed by atoms with Crippen LogP contribution in [0, 0.1) is 0 Å². The van der Waals surface area contributed by atoms with E-state index in [4.69, 9.17) is 5.73 Å². The summed E-state index contributed by atoms with van der Waals surface area (Å²) < 4.78 is 0. The number of aryl methyl sites for hydroxylation is 1. The van der Waals surface area contributed by atoms with Gasteiger partial charge in [-0.1, -0.05) is 93.1 Å². The van der Waals surface area contributed by atoms with Gasteiger partial charge in [-0.05, 0) is 72.4 Å². The Hall–Kier alpha value is -2.77. The molecule has 6 heteroatoms. The van der Waals surface area contributed by atoms with Crippen LogP contribution >= 0.6 is 0 Å². The molecule has 0 aliphatic rings. The number of anilines is 1. The van der Waals surface area contributed by atoms with Gasteiger partial charge in [0, 0.05) is 5.69 Å². The van der Waals surface area contributed by atoms with Gasteiger partial charge in [-0.15, -0.1) is 0 Å². The highest BCUT2D eigenvalue weighted by molar-refractivity contribution is 6.98. The van der Waals surface area contributed by atoms with Crippen molar-refractivity contribution in [2.75, 3.05) is 18.9 Å². The summed E-state index contributed by atoms with van der Waals surface area (Å²) in [5.41, 5.74) is 7.99. The van der Waals surface area contributed by atoms with Gasteiger partial charge in [-0.2, -0.15) is 0 Å². The lowest BCUT2D eigenvalue weighted by Gasteiger charge is -2.41. The fraction of sp³-hybridized carbons (Fsp3) is 0.367. The maximum absolute atomic E-state index is 12.4. The molecule has 0 aliphatic heterocycles. The van der Waals surface area contributed by atoms with E-state index in [0.29, 0.717) is 6.42 Å². The number of benzene rings is 3. The lowest BCUT2D eigenvalue weighted by atomic mass is 10.0. The molecule has 36 heavy (non-hydrogen) atoms. The van der Waals surface area contributed by atoms with Gasteiger partial charge in [0.25, 0.3) is 8.32 Å². The lowest BCUT2D eigenvalue weighted by molar-refractivity contribution is -0.117. The number of carbonyl (C=O) groups excluding carboxylic acids is 1. The molecule has 0 saturated heterocycles. The standard InChI is InChI=1S/C30H41N3O2Si/c1-30(2,36(35,26-12-6-4-7-13-26)27-14-8-5-9-15-27)22-21-24-17-19-25(20-18-24)33-29(34)28(31)16-10-11-23-32-3/h4-9,12-15,17-20,28,32,35H,10-11,16,21-23,31H2,1-3H3,(H,33,34)/t28-/m0/s1. The summed E-state index contributed by atoms with van der Waals surface area (Å²) in [4.78, 5) is 24.7. The fourth-order valence-corrected chi connectivity index (χ4v) is 8.46. The number of carbonyl (C=O) groups is 1. The van der Waals surface area contributed by atoms with E-state index in [-0.39, 0.29) is 10.9 Å². The van der Waals surface area contributed by atoms with Crippen molar-refractivity contribution in [2.24, 2.45) is 5.73 Å². The number of amides is 1. The maximum atomic E-state index is 12.4. The molecule has 3 rings (SSSR count). The maximum Gasteiger partial charge on any atom is 0.258 e. The first-order valence-corrected chi connectivity index (χ1v) is 14.9. The zero-order valence-corrected chi connectivity index (χ0v) is 22.8. The molecule has 5 nitrogen and oxygen atoms in total. The van der Waals surface area contributed by atoms with E-state index in [9.17, 15) is 9.59 Å². The highest BCUT2D eigenvalue weighted by Crippen LogP contribution is 2.39. The molecule has 1 atom stereocenters. The van der Waals surface area contributed by atoms with Crippen LogP contribution in [0.3, 0.4) is 0 Å². The molecule has 192 valence electrons. The van der Waals surface area contributed by atoms with Gasteiger partial charge < -0.3 is 21.2 Å². The smallest absolute Gasteiger partial charge is 0.258 e. The van der Waals surface area contributed by atoms with Crippen molar-refractivity contribution < 1.29 is 9.59 Å². The van der Waals surface area contributed by atoms with Crippen molar-refractivity contribution in [1.82, 2.24) is 5.32 Å². The first-order chi connectivity index (χ1) is 17.3. The minimum Gasteiger partial charge on any atom is -0.424 e. The molecule has 0 heterocycles. The van der Waals surface area contributed by atoms with E-state index in [2.05, 4.69) is 60.9 Å². The van der Waals surface area contributed by atoms with Crippen LogP contribution in [-0.4, -0.2) is 38.7 Å². The third kappa shape index (κ3) is 6.92. The second-order valence-corrected chi connectivity index (χ2v) is 14.1. The van der Waals surface area contributed by atoms with Crippen LogP contribution in [0.2, 0.25) is 5.04 Å². The van der Waals surface area contributed by atoms with Gasteiger partial charge in [0.05, 0.1) is 6.04 Å². The molecule has 0 saturated carbocycles. The Morgan fingerprint density at radius 2 is 1.47 bits per heavy atom. The highest BCUT2D eigenvalue weighted by atomic mass is 28.4. The van der Waals surface area contributed by atoms with Gasteiger partial charge in [-0.25, -0.2) is 0 Å². The van der Waals surface area contributed by atoms with E-state index >= 15 is 0 Å². The minimum absolute atomic E-state index is 0.143. The first kappa shape index (κ1) is 27.8. The quantitative estimate of drug-likeness (QED) is 0.211. The van der Waals surface area contributed by atoms with Crippen molar-refractivity contribution in [3.8, 4) is 0 Å². The summed E-state index contributed by atoms with van der Waals surface area (Å²) >= 11 is 0. The highest BCUT2D eigenvalue weighted by Gasteiger charge is 2.49. The van der Waals surface area contributed by atoms with E-state index < -0.39 is 14.4 Å². The second-order valence-electron chi connectivity index (χ2n) is 10.2. The molecule has 3 aromatic rings. The number of rotatable bonds is 13. The SMILES string of the molecule is CNCCCC[C@H](N)C(=O)Nc1ccc(CCC(C)(C)[Si](O)(c2ccccc2)c2ccccc2)cc1. The summed E-state index contributed by atoms with van der Waals surface area (Å²) in [6, 6.07) is 27.7. The number of nitrogens with one attached hydrogen (secondary N) is 2. The molecular weight excluding hydrogens is 462 g/mol. The normalized spacial score (nSPS) is 12.8. The number of nitrogens with two attached hydrogens (primary N) is 1. The van der Waals surface area contributed by atoms with E-state index in [0.717, 1.165) is 48.3 Å². The number of hydrogen-bond donors (Lipinski definition) is 4. The molecule has 5 N–H and O–H groups in total. The Bertz CT molecular complexity index is 1030. The third-order valence-electron chi connectivity index (χ3n) is 7.15. The molecule has 0 unspecified atom stereocenters. The Kier molecular flexibility index (Phi) is 10.0. The molecule has 0 aromatic heterocycles. The number of hydrogen-bond acceptors (Lipinski definition) is 4. The summed E-state index contributed by atoms with van der Waals surface area (Å²) in [5, 5.41) is 7.80. The Labute approximate surface area is 217 Å². The van der Waals surface area contributed by atoms with Crippen LogP contribution in [0.15, 0.2) is 84.9 Å². The van der Waals surface area contributed by atoms with Gasteiger partial charge in [0.15, 0.2) is 0 Å². The summed E-state index contributed by atoms with van der Waals surface area (Å²) in [7, 11) is -1.10. The molecule has 3 aromatic carbocycles. The molecule has 0 spiro atoms. The van der Waals surface area contributed by atoms with Crippen molar-refractivity contribution >= 4 is 30.3 Å². The van der Waals surface area contributed by atoms with Crippen LogP contribution in [0.25, 0.3) is 0 Å². The van der Waals surface area contributed by atoms with Crippen LogP contribution in [0.4, 0.5) is 5.69 Å². The fourth-order valence-electron chi connectivity index (χ4n) is 4.73. The van der Waals surface area contributed by atoms with E-state index in [1.54, 1.807) is 0 Å². The second kappa shape index (κ2) is 13.0. The van der Waals surface area contributed by atoms with Crippen molar-refractivity contribution in [1.29, 1.82) is 0 Å². The zero-order valence-electron chi connectivity index (χ0n) is 21.8. The Balaban J connectivity index is 1.65. The molecule has 1 amide bonds. The summed E-state index contributed by atoms with van der Waals surface area (Å²) in [6.45, 7) is 5.31. The average molecular weight is 504 g/mol. The van der Waals surface area contributed by atoms with Gasteiger partial charge in [0.2, 0.25) is 5.91 Å². The number of unbranched alkanes of at least 4 members (excludes halogenated alkanes) is 1. The van der Waals surface area contributed by atoms with Crippen LogP contribution in [0.5, 0.6) is 0 Å². The van der Waals surface area contributed by atoms with Crippen LogP contribution in [-0.2, 0) is 11.2 Å². The Morgan fingerprint density at radius 3 is 2.00 bits per heavy atom. The molecule has 0 bridgehead atoms. The summed E-state index contributed by atoms with van der Waals surface area (Å²) in [6.07, 6.45) is 4.28. The van der Waals surface area contributed by atoms with E-state index in [1.807, 2.05) is 55.6 Å². The topological polar surface area (TPSA) is 87.4 Å². The third-order valence-corrected chi connectivity index (χ3v) is 11.7. The van der Waals surface area contributed by atoms with E-state index in [1.165, 1.54) is 5.56 Å². The monoisotopic (exact) mass is 503 g/mol. The molecule has 0 aliphatic carbocycles. The first-order valence-electron chi connectivity index (χ1n) is 12.9. The van der Waals surface area contributed by atoms with Crippen LogP contribution in [0.1, 0.15) is 45.1 Å². The largest absolute Gasteiger partial charge is 0.424 e. The van der Waals surface area contributed by atoms with Crippen molar-refractivity contribution in [3.05, 3.63) is 90.5 Å². The average Bonchev–Trinajstić information content (AvgIpc) is 2.91. The van der Waals surface area contributed by atoms with Gasteiger partial charge in [-0.3, -0.25) is 4.79 Å². The summed E-state index contributed by atoms with van der Waals surface area (Å²) in [5.74, 6) is -0.143. The molecular formula is C30H41N3O2Si. The Morgan fingerprint density at radius 1 is 0.917 bits per heavy atom. The molecule has 0 fully saturated rings. The predicted molar refractivity (Wildman–Crippen MR) is 153 cm³/mol. The minimum atomic E-state index is -3.02. The predicted octanol–water partition coefficient (Wildman–Crippen LogP) is 3.81. The molecule has 0 radical (unpaired) electrons.